The Morgan fingerprint density at radius 1 is 1.44 bits per heavy atom. The molecule has 2 N–H and O–H groups in total. The van der Waals surface area contributed by atoms with Gasteiger partial charge in [0.05, 0.1) is 0 Å². The van der Waals surface area contributed by atoms with Gasteiger partial charge < -0.3 is 15.2 Å². The second-order valence-electron chi connectivity index (χ2n) is 4.56. The fourth-order valence-corrected chi connectivity index (χ4v) is 2.43. The predicted molar refractivity (Wildman–Crippen MR) is 75.3 cm³/mol. The quantitative estimate of drug-likeness (QED) is 0.880. The number of nitrogens with zero attached hydrogens (tertiary/aromatic N) is 1. The number of hydrogen-bond acceptors (Lipinski definition) is 2. The van der Waals surface area contributed by atoms with Gasteiger partial charge in [-0.15, -0.1) is 12.4 Å². The molecule has 1 amide bonds. The molecule has 102 valence electrons. The summed E-state index contributed by atoms with van der Waals surface area (Å²) in [5.41, 5.74) is 0.706. The van der Waals surface area contributed by atoms with E-state index in [-0.39, 0.29) is 18.3 Å². The first-order chi connectivity index (χ1) is 8.33. The van der Waals surface area contributed by atoms with Gasteiger partial charge in [0.25, 0.3) is 5.91 Å². The summed E-state index contributed by atoms with van der Waals surface area (Å²) in [5.74, 6) is 0.142. The summed E-state index contributed by atoms with van der Waals surface area (Å²) in [4.78, 5) is 17.4. The van der Waals surface area contributed by atoms with E-state index < -0.39 is 0 Å². The SMILES string of the molecule is CCCN(C(=O)c1ccc[nH]1)C1CCNCC1.Cl. The molecule has 1 aliphatic heterocycles. The molecule has 2 rings (SSSR count). The predicted octanol–water partition coefficient (Wildman–Crippen LogP) is 2.04. The Morgan fingerprint density at radius 2 is 2.17 bits per heavy atom. The average Bonchev–Trinajstić information content (AvgIpc) is 2.90. The molecule has 0 aromatic carbocycles. The molecule has 0 radical (unpaired) electrons. The van der Waals surface area contributed by atoms with Crippen LogP contribution in [0.5, 0.6) is 0 Å². The van der Waals surface area contributed by atoms with Crippen LogP contribution in [0.4, 0.5) is 0 Å². The van der Waals surface area contributed by atoms with Crippen molar-refractivity contribution < 1.29 is 4.79 Å². The van der Waals surface area contributed by atoms with Gasteiger partial charge in [-0.3, -0.25) is 4.79 Å². The molecule has 0 saturated carbocycles. The van der Waals surface area contributed by atoms with Crippen LogP contribution in [0, 0.1) is 0 Å². The molecular formula is C13H22ClN3O. The van der Waals surface area contributed by atoms with Gasteiger partial charge in [-0.25, -0.2) is 0 Å². The Balaban J connectivity index is 0.00000162. The largest absolute Gasteiger partial charge is 0.357 e. The second-order valence-corrected chi connectivity index (χ2v) is 4.56. The van der Waals surface area contributed by atoms with E-state index >= 15 is 0 Å². The third kappa shape index (κ3) is 3.50. The van der Waals surface area contributed by atoms with Crippen LogP contribution in [0.15, 0.2) is 18.3 Å². The van der Waals surface area contributed by atoms with Gasteiger partial charge >= 0.3 is 0 Å². The summed E-state index contributed by atoms with van der Waals surface area (Å²) in [5, 5.41) is 3.34. The summed E-state index contributed by atoms with van der Waals surface area (Å²) in [6.07, 6.45) is 4.94. The lowest BCUT2D eigenvalue weighted by Crippen LogP contribution is -2.46. The Labute approximate surface area is 115 Å². The van der Waals surface area contributed by atoms with Crippen molar-refractivity contribution in [2.24, 2.45) is 0 Å². The van der Waals surface area contributed by atoms with Crippen molar-refractivity contribution in [2.45, 2.75) is 32.2 Å². The number of halogens is 1. The molecule has 1 saturated heterocycles. The van der Waals surface area contributed by atoms with Gasteiger partial charge in [0.15, 0.2) is 0 Å². The van der Waals surface area contributed by atoms with Crippen molar-refractivity contribution in [1.29, 1.82) is 0 Å². The molecule has 0 bridgehead atoms. The zero-order chi connectivity index (χ0) is 12.1. The zero-order valence-corrected chi connectivity index (χ0v) is 11.6. The summed E-state index contributed by atoms with van der Waals surface area (Å²) >= 11 is 0. The van der Waals surface area contributed by atoms with E-state index in [1.807, 2.05) is 17.0 Å². The molecule has 0 unspecified atom stereocenters. The minimum Gasteiger partial charge on any atom is -0.357 e. The van der Waals surface area contributed by atoms with Gasteiger partial charge in [-0.1, -0.05) is 6.92 Å². The molecule has 0 atom stereocenters. The third-order valence-corrected chi connectivity index (χ3v) is 3.30. The molecule has 1 aromatic rings. The standard InChI is InChI=1S/C13H21N3O.ClH/c1-2-10-16(11-5-8-14-9-6-11)13(17)12-4-3-7-15-12;/h3-4,7,11,14-15H,2,5-6,8-10H2,1H3;1H. The third-order valence-electron chi connectivity index (χ3n) is 3.30. The van der Waals surface area contributed by atoms with Gasteiger partial charge in [-0.2, -0.15) is 0 Å². The molecule has 5 heteroatoms. The summed E-state index contributed by atoms with van der Waals surface area (Å²) < 4.78 is 0. The number of carbonyl (C=O) groups excluding carboxylic acids is 1. The molecule has 0 spiro atoms. The van der Waals surface area contributed by atoms with Crippen LogP contribution in [0.2, 0.25) is 0 Å². The van der Waals surface area contributed by atoms with Crippen LogP contribution in [-0.4, -0.2) is 41.5 Å². The second kappa shape index (κ2) is 7.44. The van der Waals surface area contributed by atoms with E-state index in [1.165, 1.54) is 0 Å². The number of aromatic amines is 1. The Hall–Kier alpha value is -1.00. The minimum absolute atomic E-state index is 0. The number of nitrogens with one attached hydrogen (secondary N) is 2. The van der Waals surface area contributed by atoms with E-state index in [1.54, 1.807) is 6.20 Å². The van der Waals surface area contributed by atoms with Crippen molar-refractivity contribution in [2.75, 3.05) is 19.6 Å². The zero-order valence-electron chi connectivity index (χ0n) is 10.8. The van der Waals surface area contributed by atoms with Crippen LogP contribution in [0.3, 0.4) is 0 Å². The number of H-pyrrole nitrogens is 1. The Kier molecular flexibility index (Phi) is 6.22. The van der Waals surface area contributed by atoms with E-state index in [4.69, 9.17) is 0 Å². The molecule has 0 aliphatic carbocycles. The number of rotatable bonds is 4. The maximum absolute atomic E-state index is 12.4. The molecule has 4 nitrogen and oxygen atoms in total. The topological polar surface area (TPSA) is 48.1 Å². The lowest BCUT2D eigenvalue weighted by molar-refractivity contribution is 0.0637. The van der Waals surface area contributed by atoms with Crippen LogP contribution in [0.25, 0.3) is 0 Å². The van der Waals surface area contributed by atoms with E-state index in [0.717, 1.165) is 38.9 Å². The molecule has 18 heavy (non-hydrogen) atoms. The van der Waals surface area contributed by atoms with Crippen molar-refractivity contribution in [1.82, 2.24) is 15.2 Å². The minimum atomic E-state index is 0. The van der Waals surface area contributed by atoms with Gasteiger partial charge in [0, 0.05) is 18.8 Å². The Morgan fingerprint density at radius 3 is 2.72 bits per heavy atom. The lowest BCUT2D eigenvalue weighted by atomic mass is 10.0. The fraction of sp³-hybridized carbons (Fsp3) is 0.615. The number of hydrogen-bond donors (Lipinski definition) is 2. The maximum atomic E-state index is 12.4. The van der Waals surface area contributed by atoms with E-state index in [9.17, 15) is 4.79 Å². The molecular weight excluding hydrogens is 250 g/mol. The number of aromatic nitrogens is 1. The molecule has 2 heterocycles. The first-order valence-corrected chi connectivity index (χ1v) is 6.48. The average molecular weight is 272 g/mol. The molecule has 1 aliphatic rings. The van der Waals surface area contributed by atoms with E-state index in [2.05, 4.69) is 17.2 Å². The van der Waals surface area contributed by atoms with Gasteiger partial charge in [-0.05, 0) is 44.5 Å². The number of carbonyl (C=O) groups is 1. The van der Waals surface area contributed by atoms with Crippen LogP contribution in [-0.2, 0) is 0 Å². The van der Waals surface area contributed by atoms with Crippen LogP contribution < -0.4 is 5.32 Å². The Bertz CT molecular complexity index is 347. The fourth-order valence-electron chi connectivity index (χ4n) is 2.43. The number of piperidine rings is 1. The van der Waals surface area contributed by atoms with Crippen molar-refractivity contribution in [3.05, 3.63) is 24.0 Å². The number of amides is 1. The maximum Gasteiger partial charge on any atom is 0.270 e. The molecule has 1 fully saturated rings. The van der Waals surface area contributed by atoms with Crippen LogP contribution in [0.1, 0.15) is 36.7 Å². The van der Waals surface area contributed by atoms with Crippen molar-refractivity contribution >= 4 is 18.3 Å². The normalized spacial score (nSPS) is 16.1. The first-order valence-electron chi connectivity index (χ1n) is 6.48. The first kappa shape index (κ1) is 15.1. The smallest absolute Gasteiger partial charge is 0.270 e. The van der Waals surface area contributed by atoms with Gasteiger partial charge in [0.2, 0.25) is 0 Å². The van der Waals surface area contributed by atoms with Crippen molar-refractivity contribution in [3.8, 4) is 0 Å². The van der Waals surface area contributed by atoms with E-state index in [0.29, 0.717) is 11.7 Å². The summed E-state index contributed by atoms with van der Waals surface area (Å²) in [7, 11) is 0. The highest BCUT2D eigenvalue weighted by Crippen LogP contribution is 2.15. The highest BCUT2D eigenvalue weighted by atomic mass is 35.5. The van der Waals surface area contributed by atoms with Crippen molar-refractivity contribution in [3.63, 3.8) is 0 Å². The summed E-state index contributed by atoms with van der Waals surface area (Å²) in [6.45, 7) is 5.00. The van der Waals surface area contributed by atoms with Gasteiger partial charge in [0.1, 0.15) is 5.69 Å². The molecule has 1 aromatic heterocycles. The highest BCUT2D eigenvalue weighted by molar-refractivity contribution is 5.92. The highest BCUT2D eigenvalue weighted by Gasteiger charge is 2.25. The summed E-state index contributed by atoms with van der Waals surface area (Å²) in [6, 6.07) is 4.12. The van der Waals surface area contributed by atoms with Crippen LogP contribution >= 0.6 is 12.4 Å². The lowest BCUT2D eigenvalue weighted by Gasteiger charge is -2.34. The monoisotopic (exact) mass is 271 g/mol.